The van der Waals surface area contributed by atoms with Crippen LogP contribution in [0.25, 0.3) is 0 Å². The van der Waals surface area contributed by atoms with Crippen LogP contribution in [0.4, 0.5) is 0 Å². The molecule has 4 atom stereocenters. The maximum atomic E-state index is 12.4. The number of aliphatic hydroxyl groups is 1. The summed E-state index contributed by atoms with van der Waals surface area (Å²) in [6.45, 7) is 2.40. The third-order valence-electron chi connectivity index (χ3n) is 7.25. The van der Waals surface area contributed by atoms with Crippen molar-refractivity contribution in [1.29, 1.82) is 0 Å². The number of carbonyl (C=O) groups is 2. The van der Waals surface area contributed by atoms with E-state index in [-0.39, 0.29) is 36.2 Å². The number of nitrogens with zero attached hydrogens (tertiary/aromatic N) is 1. The van der Waals surface area contributed by atoms with Gasteiger partial charge in [0.15, 0.2) is 6.29 Å². The average molecular weight is 585 g/mol. The Morgan fingerprint density at radius 1 is 0.881 bits per heavy atom. The summed E-state index contributed by atoms with van der Waals surface area (Å²) in [6, 6.07) is 27.6. The minimum Gasteiger partial charge on any atom is -0.478 e. The van der Waals surface area contributed by atoms with E-state index in [1.807, 2.05) is 66.7 Å². The molecule has 1 aliphatic heterocycles. The van der Waals surface area contributed by atoms with Gasteiger partial charge in [-0.1, -0.05) is 73.7 Å². The van der Waals surface area contributed by atoms with Gasteiger partial charge in [-0.25, -0.2) is 9.78 Å². The van der Waals surface area contributed by atoms with Gasteiger partial charge in [-0.15, -0.1) is 11.8 Å². The number of aromatic nitrogens is 1. The van der Waals surface area contributed by atoms with Crippen molar-refractivity contribution >= 4 is 23.6 Å². The Bertz CT molecular complexity index is 1500. The number of hydrogen-bond donors (Lipinski definition) is 3. The number of carboxylic acid groups (broad SMARTS) is 1. The van der Waals surface area contributed by atoms with Crippen molar-refractivity contribution in [2.24, 2.45) is 5.92 Å². The molecule has 0 bridgehead atoms. The van der Waals surface area contributed by atoms with E-state index in [1.54, 1.807) is 30.5 Å². The highest BCUT2D eigenvalue weighted by molar-refractivity contribution is 7.99. The first-order chi connectivity index (χ1) is 20.4. The molecule has 42 heavy (non-hydrogen) atoms. The summed E-state index contributed by atoms with van der Waals surface area (Å²) in [5.41, 5.74) is 4.31. The Hall–Kier alpha value is -4.02. The van der Waals surface area contributed by atoms with Gasteiger partial charge in [0.2, 0.25) is 0 Å². The zero-order valence-electron chi connectivity index (χ0n) is 23.1. The van der Waals surface area contributed by atoms with Gasteiger partial charge in [-0.3, -0.25) is 4.79 Å². The Balaban J connectivity index is 1.33. The molecule has 0 saturated carbocycles. The fraction of sp³-hybridized carbons (Fsp3) is 0.242. The number of carboxylic acids is 1. The lowest BCUT2D eigenvalue weighted by molar-refractivity contribution is -0.268. The fourth-order valence-electron chi connectivity index (χ4n) is 4.81. The molecule has 1 amide bonds. The Labute approximate surface area is 248 Å². The molecule has 0 spiro atoms. The number of amides is 1. The summed E-state index contributed by atoms with van der Waals surface area (Å²) in [4.78, 5) is 28.4. The van der Waals surface area contributed by atoms with Crippen molar-refractivity contribution in [2.75, 3.05) is 5.75 Å². The second-order valence-electron chi connectivity index (χ2n) is 10.1. The van der Waals surface area contributed by atoms with Gasteiger partial charge in [0, 0.05) is 35.5 Å². The summed E-state index contributed by atoms with van der Waals surface area (Å²) in [7, 11) is 0. The number of hydrogen-bond acceptors (Lipinski definition) is 7. The van der Waals surface area contributed by atoms with Crippen molar-refractivity contribution < 1.29 is 29.3 Å². The minimum atomic E-state index is -1.02. The lowest BCUT2D eigenvalue weighted by Gasteiger charge is -2.41. The molecule has 1 fully saturated rings. The van der Waals surface area contributed by atoms with Gasteiger partial charge in [-0.2, -0.15) is 0 Å². The number of pyridine rings is 1. The van der Waals surface area contributed by atoms with Gasteiger partial charge in [-0.05, 0) is 41.0 Å². The predicted molar refractivity (Wildman–Crippen MR) is 159 cm³/mol. The van der Waals surface area contributed by atoms with Gasteiger partial charge in [0.05, 0.1) is 24.4 Å². The van der Waals surface area contributed by atoms with E-state index in [1.165, 1.54) is 11.8 Å². The van der Waals surface area contributed by atoms with Crippen molar-refractivity contribution in [3.05, 3.63) is 131 Å². The molecule has 9 heteroatoms. The van der Waals surface area contributed by atoms with Crippen LogP contribution in [0.5, 0.6) is 0 Å². The lowest BCUT2D eigenvalue weighted by Crippen LogP contribution is -2.38. The molecule has 3 aromatic carbocycles. The molecule has 1 aliphatic rings. The van der Waals surface area contributed by atoms with Gasteiger partial charge >= 0.3 is 5.97 Å². The van der Waals surface area contributed by atoms with E-state index in [4.69, 9.17) is 9.47 Å². The number of aromatic carboxylic acids is 1. The Kier molecular flexibility index (Phi) is 9.66. The number of ether oxygens (including phenoxy) is 2. The molecule has 3 N–H and O–H groups in total. The molecule has 4 aromatic rings. The van der Waals surface area contributed by atoms with Crippen molar-refractivity contribution in [2.45, 2.75) is 43.6 Å². The smallest absolute Gasteiger partial charge is 0.338 e. The molecular formula is C33H32N2O6S. The van der Waals surface area contributed by atoms with E-state index in [9.17, 15) is 19.8 Å². The summed E-state index contributed by atoms with van der Waals surface area (Å²) in [5.74, 6) is -0.737. The first-order valence-corrected chi connectivity index (χ1v) is 14.7. The van der Waals surface area contributed by atoms with Crippen LogP contribution in [0, 0.1) is 5.92 Å². The highest BCUT2D eigenvalue weighted by Gasteiger charge is 2.38. The van der Waals surface area contributed by atoms with Crippen LogP contribution in [-0.4, -0.2) is 38.9 Å². The molecule has 216 valence electrons. The third-order valence-corrected chi connectivity index (χ3v) is 8.34. The number of carbonyl (C=O) groups excluding carboxylic acids is 1. The number of nitrogens with one attached hydrogen (secondary N) is 1. The van der Waals surface area contributed by atoms with Crippen LogP contribution in [0.15, 0.2) is 102 Å². The summed E-state index contributed by atoms with van der Waals surface area (Å²) < 4.78 is 13.0. The zero-order valence-corrected chi connectivity index (χ0v) is 23.9. The second-order valence-corrected chi connectivity index (χ2v) is 11.1. The molecule has 0 aliphatic carbocycles. The first-order valence-electron chi connectivity index (χ1n) is 13.7. The van der Waals surface area contributed by atoms with Crippen LogP contribution in [0.2, 0.25) is 0 Å². The highest BCUT2D eigenvalue weighted by atomic mass is 32.2. The molecule has 8 nitrogen and oxygen atoms in total. The summed E-state index contributed by atoms with van der Waals surface area (Å²) in [5, 5.41) is 22.4. The van der Waals surface area contributed by atoms with Crippen molar-refractivity contribution in [1.82, 2.24) is 10.3 Å². The maximum absolute atomic E-state index is 12.4. The van der Waals surface area contributed by atoms with E-state index >= 15 is 0 Å². The third kappa shape index (κ3) is 7.06. The Morgan fingerprint density at radius 3 is 2.26 bits per heavy atom. The quantitative estimate of drug-likeness (QED) is 0.201. The molecule has 1 aromatic heterocycles. The summed E-state index contributed by atoms with van der Waals surface area (Å²) >= 11 is 1.35. The molecule has 5 rings (SSSR count). The number of benzene rings is 3. The number of thioether (sulfide) groups is 1. The van der Waals surface area contributed by atoms with E-state index in [0.717, 1.165) is 22.3 Å². The minimum absolute atomic E-state index is 0.0412. The molecule has 1 saturated heterocycles. The molecule has 0 radical (unpaired) electrons. The first kappa shape index (κ1) is 29.5. The Morgan fingerprint density at radius 2 is 1.57 bits per heavy atom. The number of aliphatic hydroxyl groups excluding tert-OH is 1. The molecule has 0 unspecified atom stereocenters. The highest BCUT2D eigenvalue weighted by Crippen LogP contribution is 2.43. The van der Waals surface area contributed by atoms with Crippen LogP contribution < -0.4 is 5.32 Å². The monoisotopic (exact) mass is 584 g/mol. The van der Waals surface area contributed by atoms with Crippen LogP contribution in [-0.2, 0) is 22.6 Å². The predicted octanol–water partition coefficient (Wildman–Crippen LogP) is 5.79. The van der Waals surface area contributed by atoms with Gasteiger partial charge in [0.25, 0.3) is 5.91 Å². The SMILES string of the molecule is C[C@@H]1[C@H](CSc2ncccc2C(=O)O)O[C@H](c2ccc(CNC(=O)c3ccccc3)cc2)O[C@@H]1c1ccc(CO)cc1. The fourth-order valence-corrected chi connectivity index (χ4v) is 5.96. The van der Waals surface area contributed by atoms with Gasteiger partial charge in [0.1, 0.15) is 5.03 Å². The molecular weight excluding hydrogens is 552 g/mol. The normalized spacial score (nSPS) is 20.1. The standard InChI is InChI=1S/C33H32N2O6S/c1-21-28(20-42-31-27(32(38)39)8-5-17-34-31)40-33(41-29(21)24-13-11-23(19-36)12-14-24)26-15-9-22(10-16-26)18-35-30(37)25-6-3-2-4-7-25/h2-17,21,28-29,33,36H,18-20H2,1H3,(H,35,37)(H,38,39)/t21-,28+,29+,33+/m1/s1. The zero-order chi connectivity index (χ0) is 29.5. The number of rotatable bonds is 10. The lowest BCUT2D eigenvalue weighted by atomic mass is 9.91. The van der Waals surface area contributed by atoms with E-state index in [2.05, 4.69) is 17.2 Å². The van der Waals surface area contributed by atoms with Crippen molar-refractivity contribution in [3.8, 4) is 0 Å². The van der Waals surface area contributed by atoms with Crippen LogP contribution in [0.3, 0.4) is 0 Å². The molecule has 2 heterocycles. The van der Waals surface area contributed by atoms with Crippen LogP contribution in [0.1, 0.15) is 62.3 Å². The van der Waals surface area contributed by atoms with E-state index < -0.39 is 12.3 Å². The topological polar surface area (TPSA) is 118 Å². The maximum Gasteiger partial charge on any atom is 0.338 e. The summed E-state index contributed by atoms with van der Waals surface area (Å²) in [6.07, 6.45) is 0.352. The van der Waals surface area contributed by atoms with Gasteiger partial charge < -0.3 is 25.0 Å². The average Bonchev–Trinajstić information content (AvgIpc) is 3.04. The largest absolute Gasteiger partial charge is 0.478 e. The van der Waals surface area contributed by atoms with Crippen LogP contribution >= 0.6 is 11.8 Å². The van der Waals surface area contributed by atoms with Crippen molar-refractivity contribution in [3.63, 3.8) is 0 Å². The second kappa shape index (κ2) is 13.8. The van der Waals surface area contributed by atoms with E-state index in [0.29, 0.717) is 22.9 Å².